The highest BCUT2D eigenvalue weighted by Gasteiger charge is 2.19. The van der Waals surface area contributed by atoms with Gasteiger partial charge in [-0.05, 0) is 18.2 Å². The van der Waals surface area contributed by atoms with Crippen molar-refractivity contribution in [2.24, 2.45) is 5.73 Å². The zero-order chi connectivity index (χ0) is 18.8. The van der Waals surface area contributed by atoms with Gasteiger partial charge in [0.1, 0.15) is 17.8 Å². The number of imidazole rings is 1. The van der Waals surface area contributed by atoms with Crippen LogP contribution in [0.15, 0.2) is 65.5 Å². The number of nitrogens with zero attached hydrogens (tertiary/aromatic N) is 3. The maximum atomic E-state index is 12.8. The number of carbonyl (C=O) groups is 2. The topological polar surface area (TPSA) is 116 Å². The number of nitrogens with two attached hydrogens (primary N) is 1. The average molecular weight is 361 g/mol. The van der Waals surface area contributed by atoms with Crippen LogP contribution in [-0.4, -0.2) is 26.2 Å². The van der Waals surface area contributed by atoms with Crippen LogP contribution in [0.25, 0.3) is 16.9 Å². The summed E-state index contributed by atoms with van der Waals surface area (Å²) < 4.78 is 6.68. The molecule has 0 radical (unpaired) electrons. The predicted molar refractivity (Wildman–Crippen MR) is 96.8 cm³/mol. The molecule has 0 aliphatic carbocycles. The molecule has 3 N–H and O–H groups in total. The van der Waals surface area contributed by atoms with Crippen molar-refractivity contribution in [3.8, 4) is 11.3 Å². The van der Waals surface area contributed by atoms with E-state index in [-0.39, 0.29) is 29.5 Å². The van der Waals surface area contributed by atoms with Gasteiger partial charge in [-0.2, -0.15) is 0 Å². The van der Waals surface area contributed by atoms with Crippen LogP contribution in [0, 0.1) is 0 Å². The molecule has 27 heavy (non-hydrogen) atoms. The number of carbonyl (C=O) groups excluding carboxylic acids is 2. The minimum atomic E-state index is -0.711. The van der Waals surface area contributed by atoms with E-state index < -0.39 is 5.91 Å². The standard InChI is InChI=1S/C19H15N5O3/c20-17(25)16-18-23-14(12-5-2-1-3-6-12)9-15(24(18)11-22-16)19(26)21-10-13-7-4-8-27-13/h1-9,11H,10H2,(H2,20,25)(H,21,26). The summed E-state index contributed by atoms with van der Waals surface area (Å²) in [6.07, 6.45) is 2.90. The van der Waals surface area contributed by atoms with Crippen LogP contribution < -0.4 is 11.1 Å². The third-order valence-corrected chi connectivity index (χ3v) is 4.04. The molecule has 3 heterocycles. The van der Waals surface area contributed by atoms with E-state index in [1.807, 2.05) is 30.3 Å². The first-order valence-electron chi connectivity index (χ1n) is 8.17. The Balaban J connectivity index is 1.80. The summed E-state index contributed by atoms with van der Waals surface area (Å²) in [5.41, 5.74) is 7.25. The minimum absolute atomic E-state index is 0.00728. The zero-order valence-electron chi connectivity index (χ0n) is 14.1. The fourth-order valence-corrected chi connectivity index (χ4v) is 2.75. The molecule has 0 saturated carbocycles. The molecule has 0 unspecified atom stereocenters. The van der Waals surface area contributed by atoms with Crippen LogP contribution in [0.4, 0.5) is 0 Å². The summed E-state index contributed by atoms with van der Waals surface area (Å²) >= 11 is 0. The molecule has 0 aliphatic heterocycles. The molecule has 134 valence electrons. The highest BCUT2D eigenvalue weighted by Crippen LogP contribution is 2.21. The Morgan fingerprint density at radius 3 is 2.67 bits per heavy atom. The Labute approximate surface area is 153 Å². The van der Waals surface area contributed by atoms with E-state index in [0.29, 0.717) is 11.5 Å². The quantitative estimate of drug-likeness (QED) is 0.564. The van der Waals surface area contributed by atoms with Gasteiger partial charge in [-0.1, -0.05) is 30.3 Å². The van der Waals surface area contributed by atoms with E-state index in [1.165, 1.54) is 17.0 Å². The van der Waals surface area contributed by atoms with Crippen molar-refractivity contribution in [3.05, 3.63) is 78.3 Å². The monoisotopic (exact) mass is 361 g/mol. The predicted octanol–water partition coefficient (Wildman–Crippen LogP) is 2.02. The molecule has 0 saturated heterocycles. The molecular weight excluding hydrogens is 346 g/mol. The number of primary amides is 1. The van der Waals surface area contributed by atoms with E-state index >= 15 is 0 Å². The lowest BCUT2D eigenvalue weighted by atomic mass is 10.1. The number of hydrogen-bond donors (Lipinski definition) is 2. The van der Waals surface area contributed by atoms with Gasteiger partial charge in [0, 0.05) is 5.56 Å². The lowest BCUT2D eigenvalue weighted by Gasteiger charge is -2.09. The van der Waals surface area contributed by atoms with Crippen molar-refractivity contribution in [3.63, 3.8) is 0 Å². The van der Waals surface area contributed by atoms with Crippen LogP contribution in [0.5, 0.6) is 0 Å². The third kappa shape index (κ3) is 3.15. The van der Waals surface area contributed by atoms with E-state index in [2.05, 4.69) is 15.3 Å². The molecule has 4 rings (SSSR count). The summed E-state index contributed by atoms with van der Waals surface area (Å²) in [5.74, 6) is -0.443. The van der Waals surface area contributed by atoms with Crippen LogP contribution in [-0.2, 0) is 6.54 Å². The summed E-state index contributed by atoms with van der Waals surface area (Å²) in [7, 11) is 0. The van der Waals surface area contributed by atoms with Gasteiger partial charge in [0.15, 0.2) is 11.3 Å². The lowest BCUT2D eigenvalue weighted by molar-refractivity contribution is 0.0940. The average Bonchev–Trinajstić information content (AvgIpc) is 3.35. The van der Waals surface area contributed by atoms with Crippen molar-refractivity contribution in [2.45, 2.75) is 6.54 Å². The number of benzene rings is 1. The highest BCUT2D eigenvalue weighted by molar-refractivity contribution is 5.99. The van der Waals surface area contributed by atoms with Gasteiger partial charge >= 0.3 is 0 Å². The molecule has 0 fully saturated rings. The number of amides is 2. The van der Waals surface area contributed by atoms with E-state index in [4.69, 9.17) is 10.2 Å². The smallest absolute Gasteiger partial charge is 0.271 e. The molecule has 4 aromatic rings. The van der Waals surface area contributed by atoms with E-state index in [0.717, 1.165) is 5.56 Å². The SMILES string of the molecule is NC(=O)c1ncn2c(C(=O)NCc3ccco3)cc(-c3ccccc3)nc12. The van der Waals surface area contributed by atoms with E-state index in [1.54, 1.807) is 18.2 Å². The second-order valence-electron chi connectivity index (χ2n) is 5.81. The zero-order valence-corrected chi connectivity index (χ0v) is 14.1. The second kappa shape index (κ2) is 6.75. The van der Waals surface area contributed by atoms with Gasteiger partial charge < -0.3 is 15.5 Å². The maximum absolute atomic E-state index is 12.8. The molecule has 1 aromatic carbocycles. The van der Waals surface area contributed by atoms with Crippen LogP contribution in [0.1, 0.15) is 26.7 Å². The molecule has 3 aromatic heterocycles. The number of rotatable bonds is 5. The van der Waals surface area contributed by atoms with Crippen LogP contribution in [0.2, 0.25) is 0 Å². The number of furan rings is 1. The van der Waals surface area contributed by atoms with Crippen molar-refractivity contribution in [2.75, 3.05) is 0 Å². The molecule has 0 spiro atoms. The summed E-state index contributed by atoms with van der Waals surface area (Å²) in [6.45, 7) is 0.230. The van der Waals surface area contributed by atoms with Gasteiger partial charge in [-0.25, -0.2) is 9.97 Å². The first-order chi connectivity index (χ1) is 13.1. The van der Waals surface area contributed by atoms with Gasteiger partial charge in [-0.15, -0.1) is 0 Å². The largest absolute Gasteiger partial charge is 0.467 e. The lowest BCUT2D eigenvalue weighted by Crippen LogP contribution is -2.25. The first-order valence-corrected chi connectivity index (χ1v) is 8.17. The van der Waals surface area contributed by atoms with Gasteiger partial charge in [0.05, 0.1) is 18.5 Å². The second-order valence-corrected chi connectivity index (χ2v) is 5.81. The molecule has 8 nitrogen and oxygen atoms in total. The Hall–Kier alpha value is -3.94. The minimum Gasteiger partial charge on any atom is -0.467 e. The van der Waals surface area contributed by atoms with Crippen molar-refractivity contribution >= 4 is 17.5 Å². The molecular formula is C19H15N5O3. The van der Waals surface area contributed by atoms with Crippen molar-refractivity contribution < 1.29 is 14.0 Å². The highest BCUT2D eigenvalue weighted by atomic mass is 16.3. The first kappa shape index (κ1) is 16.5. The van der Waals surface area contributed by atoms with Crippen molar-refractivity contribution in [1.29, 1.82) is 0 Å². The third-order valence-electron chi connectivity index (χ3n) is 4.04. The fraction of sp³-hybridized carbons (Fsp3) is 0.0526. The van der Waals surface area contributed by atoms with Gasteiger partial charge in [0.25, 0.3) is 11.8 Å². The van der Waals surface area contributed by atoms with Gasteiger partial charge in [-0.3, -0.25) is 14.0 Å². The molecule has 0 atom stereocenters. The number of nitrogens with one attached hydrogen (secondary N) is 1. The molecule has 2 amide bonds. The van der Waals surface area contributed by atoms with Crippen LogP contribution >= 0.6 is 0 Å². The molecule has 8 heteroatoms. The summed E-state index contributed by atoms with van der Waals surface area (Å²) in [5, 5.41) is 2.79. The molecule has 0 aliphatic rings. The number of hydrogen-bond acceptors (Lipinski definition) is 5. The van der Waals surface area contributed by atoms with Crippen molar-refractivity contribution in [1.82, 2.24) is 19.7 Å². The Bertz CT molecular complexity index is 1120. The molecule has 0 bridgehead atoms. The Morgan fingerprint density at radius 1 is 1.15 bits per heavy atom. The maximum Gasteiger partial charge on any atom is 0.271 e. The number of fused-ring (bicyclic) bond motifs is 1. The Kier molecular flexibility index (Phi) is 4.13. The normalized spacial score (nSPS) is 10.8. The van der Waals surface area contributed by atoms with E-state index in [9.17, 15) is 9.59 Å². The fourth-order valence-electron chi connectivity index (χ4n) is 2.75. The van der Waals surface area contributed by atoms with Crippen LogP contribution in [0.3, 0.4) is 0 Å². The summed E-state index contributed by atoms with van der Waals surface area (Å²) in [6, 6.07) is 14.5. The summed E-state index contributed by atoms with van der Waals surface area (Å²) in [4.78, 5) is 32.9. The van der Waals surface area contributed by atoms with Gasteiger partial charge in [0.2, 0.25) is 0 Å². The number of aromatic nitrogens is 3. The Morgan fingerprint density at radius 2 is 1.96 bits per heavy atom.